The van der Waals surface area contributed by atoms with Gasteiger partial charge in [-0.15, -0.1) is 0 Å². The molecule has 3 aliphatic carbocycles. The fourth-order valence-electron chi connectivity index (χ4n) is 6.46. The maximum Gasteiger partial charge on any atom is 0.0858 e. The average molecular weight is 338 g/mol. The number of fused-ring (bicyclic) bond motifs is 3. The standard InChI is InChI=1S/C20H34O4/c1-18(17(24)11-21)7-6-15-13(8-18)4-5-16-19(2,12-22)9-14(23)10-20(15,16)3/h8,14-17,21-24H,4-7,9-12H2,1-3H3/t14-,15-,16-,17?,18+,19-,20+/m0/s1. The monoisotopic (exact) mass is 338 g/mol. The third-order valence-electron chi connectivity index (χ3n) is 7.76. The van der Waals surface area contributed by atoms with Crippen molar-refractivity contribution >= 4 is 0 Å². The van der Waals surface area contributed by atoms with Crippen molar-refractivity contribution in [3.05, 3.63) is 11.6 Å². The van der Waals surface area contributed by atoms with E-state index >= 15 is 0 Å². The molecular formula is C20H34O4. The van der Waals surface area contributed by atoms with Crippen LogP contribution in [0, 0.1) is 28.1 Å². The average Bonchev–Trinajstić information content (AvgIpc) is 2.52. The molecular weight excluding hydrogens is 304 g/mol. The summed E-state index contributed by atoms with van der Waals surface area (Å²) in [5, 5.41) is 40.1. The van der Waals surface area contributed by atoms with Crippen LogP contribution in [0.1, 0.15) is 59.3 Å². The number of aliphatic hydroxyl groups is 4. The zero-order valence-electron chi connectivity index (χ0n) is 15.3. The molecule has 0 spiro atoms. The van der Waals surface area contributed by atoms with E-state index in [2.05, 4.69) is 19.9 Å². The smallest absolute Gasteiger partial charge is 0.0858 e. The lowest BCUT2D eigenvalue weighted by Gasteiger charge is -2.61. The van der Waals surface area contributed by atoms with Crippen LogP contribution in [0.15, 0.2) is 11.6 Å². The van der Waals surface area contributed by atoms with E-state index < -0.39 is 6.10 Å². The molecule has 2 saturated carbocycles. The molecule has 0 saturated heterocycles. The maximum atomic E-state index is 10.5. The minimum absolute atomic E-state index is 0.00469. The summed E-state index contributed by atoms with van der Waals surface area (Å²) in [6.07, 6.45) is 6.54. The van der Waals surface area contributed by atoms with Crippen molar-refractivity contribution in [1.82, 2.24) is 0 Å². The van der Waals surface area contributed by atoms with Crippen LogP contribution in [-0.4, -0.2) is 45.8 Å². The molecule has 4 heteroatoms. The van der Waals surface area contributed by atoms with Gasteiger partial charge in [0.2, 0.25) is 0 Å². The summed E-state index contributed by atoms with van der Waals surface area (Å²) in [7, 11) is 0. The van der Waals surface area contributed by atoms with E-state index in [0.29, 0.717) is 18.3 Å². The molecule has 0 bridgehead atoms. The molecule has 0 aromatic carbocycles. The van der Waals surface area contributed by atoms with Gasteiger partial charge in [0.1, 0.15) is 0 Å². The molecule has 0 radical (unpaired) electrons. The normalized spacial score (nSPS) is 49.8. The van der Waals surface area contributed by atoms with E-state index in [1.54, 1.807) is 0 Å². The van der Waals surface area contributed by atoms with Crippen LogP contribution >= 0.6 is 0 Å². The Bertz CT molecular complexity index is 518. The van der Waals surface area contributed by atoms with Crippen molar-refractivity contribution < 1.29 is 20.4 Å². The molecule has 138 valence electrons. The van der Waals surface area contributed by atoms with Crippen molar-refractivity contribution in [1.29, 1.82) is 0 Å². The summed E-state index contributed by atoms with van der Waals surface area (Å²) >= 11 is 0. The Hall–Kier alpha value is -0.420. The molecule has 3 rings (SSSR count). The summed E-state index contributed by atoms with van der Waals surface area (Å²) in [6, 6.07) is 0. The topological polar surface area (TPSA) is 80.9 Å². The van der Waals surface area contributed by atoms with E-state index in [4.69, 9.17) is 0 Å². The van der Waals surface area contributed by atoms with Crippen LogP contribution in [0.4, 0.5) is 0 Å². The van der Waals surface area contributed by atoms with Gasteiger partial charge in [-0.05, 0) is 61.2 Å². The van der Waals surface area contributed by atoms with Gasteiger partial charge in [0.15, 0.2) is 0 Å². The van der Waals surface area contributed by atoms with Gasteiger partial charge in [-0.25, -0.2) is 0 Å². The quantitative estimate of drug-likeness (QED) is 0.595. The highest BCUT2D eigenvalue weighted by atomic mass is 16.3. The molecule has 4 nitrogen and oxygen atoms in total. The SMILES string of the molecule is C[C@@]1(CO)C[C@H](O)C[C@]2(C)[C@H]3CC[C@@](C)(C(O)CO)C=C3CC[C@@H]12. The molecule has 0 amide bonds. The van der Waals surface area contributed by atoms with Crippen LogP contribution in [0.2, 0.25) is 0 Å². The van der Waals surface area contributed by atoms with Crippen molar-refractivity contribution in [2.24, 2.45) is 28.1 Å². The first kappa shape index (κ1) is 18.4. The fraction of sp³-hybridized carbons (Fsp3) is 0.900. The predicted molar refractivity (Wildman–Crippen MR) is 93.3 cm³/mol. The third kappa shape index (κ3) is 2.66. The van der Waals surface area contributed by atoms with Gasteiger partial charge >= 0.3 is 0 Å². The van der Waals surface area contributed by atoms with Crippen molar-refractivity contribution in [3.63, 3.8) is 0 Å². The van der Waals surface area contributed by atoms with Crippen LogP contribution in [0.25, 0.3) is 0 Å². The lowest BCUT2D eigenvalue weighted by Crippen LogP contribution is -2.56. The Morgan fingerprint density at radius 3 is 2.50 bits per heavy atom. The summed E-state index contributed by atoms with van der Waals surface area (Å²) in [4.78, 5) is 0. The lowest BCUT2D eigenvalue weighted by atomic mass is 9.44. The van der Waals surface area contributed by atoms with Crippen molar-refractivity contribution in [2.45, 2.75) is 71.5 Å². The fourth-order valence-corrected chi connectivity index (χ4v) is 6.46. The van der Waals surface area contributed by atoms with E-state index in [1.807, 2.05) is 6.92 Å². The minimum atomic E-state index is -0.712. The van der Waals surface area contributed by atoms with Crippen LogP contribution in [0.5, 0.6) is 0 Å². The van der Waals surface area contributed by atoms with Crippen LogP contribution in [0.3, 0.4) is 0 Å². The molecule has 0 heterocycles. The van der Waals surface area contributed by atoms with E-state index in [1.165, 1.54) is 5.57 Å². The number of allylic oxidation sites excluding steroid dienone is 1. The van der Waals surface area contributed by atoms with Crippen LogP contribution < -0.4 is 0 Å². The Balaban J connectivity index is 1.95. The van der Waals surface area contributed by atoms with E-state index in [0.717, 1.165) is 32.1 Å². The Labute approximate surface area is 145 Å². The molecule has 0 aliphatic heterocycles. The summed E-state index contributed by atoms with van der Waals surface area (Å²) < 4.78 is 0. The largest absolute Gasteiger partial charge is 0.396 e. The van der Waals surface area contributed by atoms with Crippen molar-refractivity contribution in [2.75, 3.05) is 13.2 Å². The summed E-state index contributed by atoms with van der Waals surface area (Å²) in [5.41, 5.74) is 0.843. The Kier molecular flexibility index (Phi) is 4.66. The highest BCUT2D eigenvalue weighted by Crippen LogP contribution is 2.63. The van der Waals surface area contributed by atoms with Crippen LogP contribution in [-0.2, 0) is 0 Å². The van der Waals surface area contributed by atoms with Gasteiger partial charge in [-0.1, -0.05) is 32.4 Å². The van der Waals surface area contributed by atoms with Gasteiger partial charge in [-0.3, -0.25) is 0 Å². The molecule has 0 aromatic heterocycles. The van der Waals surface area contributed by atoms with Gasteiger partial charge in [0.05, 0.1) is 18.8 Å². The summed E-state index contributed by atoms with van der Waals surface area (Å²) in [6.45, 7) is 6.41. The first-order valence-electron chi connectivity index (χ1n) is 9.48. The zero-order chi connectivity index (χ0) is 17.8. The first-order chi connectivity index (χ1) is 11.2. The molecule has 0 aromatic rings. The number of aliphatic hydroxyl groups excluding tert-OH is 4. The summed E-state index contributed by atoms with van der Waals surface area (Å²) in [5.74, 6) is 0.837. The third-order valence-corrected chi connectivity index (χ3v) is 7.76. The number of rotatable bonds is 3. The van der Waals surface area contributed by atoms with Crippen molar-refractivity contribution in [3.8, 4) is 0 Å². The highest BCUT2D eigenvalue weighted by molar-refractivity contribution is 5.25. The first-order valence-corrected chi connectivity index (χ1v) is 9.48. The van der Waals surface area contributed by atoms with E-state index in [9.17, 15) is 20.4 Å². The molecule has 2 fully saturated rings. The highest BCUT2D eigenvalue weighted by Gasteiger charge is 2.57. The zero-order valence-corrected chi connectivity index (χ0v) is 15.3. The molecule has 24 heavy (non-hydrogen) atoms. The molecule has 3 aliphatic rings. The molecule has 7 atom stereocenters. The molecule has 4 N–H and O–H groups in total. The second kappa shape index (κ2) is 6.08. The Morgan fingerprint density at radius 2 is 1.88 bits per heavy atom. The second-order valence-electron chi connectivity index (χ2n) is 9.49. The second-order valence-corrected chi connectivity index (χ2v) is 9.49. The number of hydrogen-bond donors (Lipinski definition) is 4. The number of hydrogen-bond acceptors (Lipinski definition) is 4. The minimum Gasteiger partial charge on any atom is -0.396 e. The van der Waals surface area contributed by atoms with Gasteiger partial charge in [-0.2, -0.15) is 0 Å². The predicted octanol–water partition coefficient (Wildman–Crippen LogP) is 2.25. The molecule has 1 unspecified atom stereocenters. The van der Waals surface area contributed by atoms with Gasteiger partial charge in [0, 0.05) is 12.0 Å². The maximum absolute atomic E-state index is 10.5. The van der Waals surface area contributed by atoms with Gasteiger partial charge in [0.25, 0.3) is 0 Å². The Morgan fingerprint density at radius 1 is 1.17 bits per heavy atom. The lowest BCUT2D eigenvalue weighted by molar-refractivity contribution is -0.134. The van der Waals surface area contributed by atoms with Gasteiger partial charge < -0.3 is 20.4 Å². The van der Waals surface area contributed by atoms with E-state index in [-0.39, 0.29) is 35.6 Å².